The molecule has 0 radical (unpaired) electrons. The second-order valence-electron chi connectivity index (χ2n) is 3.86. The van der Waals surface area contributed by atoms with E-state index in [4.69, 9.17) is 16.3 Å². The third-order valence-electron chi connectivity index (χ3n) is 2.34. The Hall–Kier alpha value is -0.190. The first-order chi connectivity index (χ1) is 7.51. The maximum atomic E-state index is 6.07. The molecule has 0 aliphatic carbocycles. The number of hydrogen-bond acceptors (Lipinski definition) is 3. The van der Waals surface area contributed by atoms with Crippen LogP contribution in [0.3, 0.4) is 0 Å². The molecule has 0 N–H and O–H groups in total. The summed E-state index contributed by atoms with van der Waals surface area (Å²) < 4.78 is 6.09. The zero-order chi connectivity index (χ0) is 12.3. The molecular formula is C11H16BrClN2O. The second-order valence-corrected chi connectivity index (χ2v) is 5.01. The Morgan fingerprint density at radius 1 is 1.38 bits per heavy atom. The summed E-state index contributed by atoms with van der Waals surface area (Å²) >= 11 is 9.48. The van der Waals surface area contributed by atoms with Gasteiger partial charge in [-0.1, -0.05) is 32.4 Å². The molecule has 1 aromatic rings. The highest BCUT2D eigenvalue weighted by Gasteiger charge is 2.18. The van der Waals surface area contributed by atoms with Gasteiger partial charge in [0.25, 0.3) is 0 Å². The molecule has 1 heterocycles. The fraction of sp³-hybridized carbons (Fsp3) is 0.636. The van der Waals surface area contributed by atoms with Gasteiger partial charge in [-0.25, -0.2) is 9.97 Å². The van der Waals surface area contributed by atoms with Gasteiger partial charge in [0.05, 0.1) is 10.2 Å². The quantitative estimate of drug-likeness (QED) is 0.785. The molecule has 5 heteroatoms. The van der Waals surface area contributed by atoms with E-state index in [2.05, 4.69) is 39.7 Å². The number of hydrogen-bond donors (Lipinski definition) is 0. The van der Waals surface area contributed by atoms with E-state index < -0.39 is 0 Å². The van der Waals surface area contributed by atoms with Gasteiger partial charge in [-0.15, -0.1) is 0 Å². The number of ether oxygens (including phenoxy) is 1. The predicted octanol–water partition coefficient (Wildman–Crippen LogP) is 4.11. The summed E-state index contributed by atoms with van der Waals surface area (Å²) in [7, 11) is 1.66. The third kappa shape index (κ3) is 2.93. The minimum absolute atomic E-state index is 0.0944. The summed E-state index contributed by atoms with van der Waals surface area (Å²) in [6, 6.07) is 0. The van der Waals surface area contributed by atoms with E-state index in [0.29, 0.717) is 16.9 Å². The highest BCUT2D eigenvalue weighted by atomic mass is 79.9. The van der Waals surface area contributed by atoms with E-state index in [9.17, 15) is 0 Å². The minimum atomic E-state index is -0.0944. The molecule has 90 valence electrons. The molecule has 0 aliphatic rings. The zero-order valence-corrected chi connectivity index (χ0v) is 12.3. The predicted molar refractivity (Wildman–Crippen MR) is 68.9 cm³/mol. The summed E-state index contributed by atoms with van der Waals surface area (Å²) in [6.45, 7) is 6.17. The smallest absolute Gasteiger partial charge is 0.159 e. The lowest BCUT2D eigenvalue weighted by Gasteiger charge is -2.15. The zero-order valence-electron chi connectivity index (χ0n) is 9.92. The molecule has 0 fully saturated rings. The largest absolute Gasteiger partial charge is 0.373 e. The fourth-order valence-corrected chi connectivity index (χ4v) is 2.25. The lowest BCUT2D eigenvalue weighted by atomic mass is 10.1. The van der Waals surface area contributed by atoms with Gasteiger partial charge in [0.1, 0.15) is 11.3 Å². The molecule has 0 saturated carbocycles. The summed E-state index contributed by atoms with van der Waals surface area (Å²) in [5.41, 5.74) is 0.922. The Balaban J connectivity index is 3.23. The van der Waals surface area contributed by atoms with Crippen LogP contribution in [0.25, 0.3) is 0 Å². The van der Waals surface area contributed by atoms with Crippen LogP contribution in [0.1, 0.15) is 50.7 Å². The van der Waals surface area contributed by atoms with Crippen molar-refractivity contribution in [3.63, 3.8) is 0 Å². The molecule has 0 saturated heterocycles. The monoisotopic (exact) mass is 306 g/mol. The molecule has 0 spiro atoms. The third-order valence-corrected chi connectivity index (χ3v) is 3.63. The molecule has 1 rings (SSSR count). The Morgan fingerprint density at radius 2 is 2.00 bits per heavy atom. The van der Waals surface area contributed by atoms with Crippen LogP contribution in [0.4, 0.5) is 0 Å². The number of aromatic nitrogens is 2. The van der Waals surface area contributed by atoms with E-state index in [-0.39, 0.29) is 6.10 Å². The first kappa shape index (κ1) is 13.9. The van der Waals surface area contributed by atoms with Crippen LogP contribution in [0.15, 0.2) is 4.47 Å². The van der Waals surface area contributed by atoms with E-state index >= 15 is 0 Å². The van der Waals surface area contributed by atoms with Gasteiger partial charge >= 0.3 is 0 Å². The molecular weight excluding hydrogens is 291 g/mol. The van der Waals surface area contributed by atoms with Crippen LogP contribution in [-0.2, 0) is 4.74 Å². The van der Waals surface area contributed by atoms with Crippen molar-refractivity contribution >= 4 is 27.5 Å². The maximum absolute atomic E-state index is 6.07. The van der Waals surface area contributed by atoms with Gasteiger partial charge in [0, 0.05) is 7.11 Å². The van der Waals surface area contributed by atoms with Crippen molar-refractivity contribution in [3.05, 3.63) is 21.1 Å². The molecule has 0 amide bonds. The number of halogens is 2. The van der Waals surface area contributed by atoms with E-state index in [1.165, 1.54) is 0 Å². The first-order valence-corrected chi connectivity index (χ1v) is 6.43. The van der Waals surface area contributed by atoms with Gasteiger partial charge in [0.2, 0.25) is 0 Å². The van der Waals surface area contributed by atoms with Crippen molar-refractivity contribution in [3.8, 4) is 0 Å². The van der Waals surface area contributed by atoms with Crippen molar-refractivity contribution in [2.24, 2.45) is 0 Å². The molecule has 0 aromatic carbocycles. The SMILES string of the molecule is CCC(OC)c1nc(Cl)c(Br)c(C(C)C)n1. The normalized spacial score (nSPS) is 13.2. The van der Waals surface area contributed by atoms with Gasteiger partial charge < -0.3 is 4.74 Å². The van der Waals surface area contributed by atoms with Crippen LogP contribution >= 0.6 is 27.5 Å². The number of nitrogens with zero attached hydrogens (tertiary/aromatic N) is 2. The van der Waals surface area contributed by atoms with Crippen LogP contribution < -0.4 is 0 Å². The maximum Gasteiger partial charge on any atom is 0.159 e. The highest BCUT2D eigenvalue weighted by molar-refractivity contribution is 9.10. The lowest BCUT2D eigenvalue weighted by molar-refractivity contribution is 0.0923. The van der Waals surface area contributed by atoms with Gasteiger partial charge in [-0.2, -0.15) is 0 Å². The summed E-state index contributed by atoms with van der Waals surface area (Å²) in [6.07, 6.45) is 0.731. The van der Waals surface area contributed by atoms with Crippen LogP contribution in [0, 0.1) is 0 Å². The summed E-state index contributed by atoms with van der Waals surface area (Å²) in [5.74, 6) is 0.949. The number of rotatable bonds is 4. The topological polar surface area (TPSA) is 35.0 Å². The van der Waals surface area contributed by atoms with Crippen molar-refractivity contribution in [2.75, 3.05) is 7.11 Å². The number of methoxy groups -OCH3 is 1. The van der Waals surface area contributed by atoms with E-state index in [1.54, 1.807) is 7.11 Å². The van der Waals surface area contributed by atoms with Crippen molar-refractivity contribution in [1.82, 2.24) is 9.97 Å². The Labute approximate surface area is 110 Å². The van der Waals surface area contributed by atoms with Crippen LogP contribution in [-0.4, -0.2) is 17.1 Å². The standard InChI is InChI=1S/C11H16BrClN2O/c1-5-7(16-4)11-14-9(6(2)3)8(12)10(13)15-11/h6-7H,5H2,1-4H3. The average Bonchev–Trinajstić information content (AvgIpc) is 2.24. The summed E-state index contributed by atoms with van der Waals surface area (Å²) in [4.78, 5) is 8.75. The molecule has 1 aromatic heterocycles. The Morgan fingerprint density at radius 3 is 2.44 bits per heavy atom. The van der Waals surface area contributed by atoms with Crippen LogP contribution in [0.5, 0.6) is 0 Å². The van der Waals surface area contributed by atoms with Gasteiger partial charge in [-0.05, 0) is 28.3 Å². The molecule has 1 unspecified atom stereocenters. The first-order valence-electron chi connectivity index (χ1n) is 5.26. The lowest BCUT2D eigenvalue weighted by Crippen LogP contribution is -2.09. The van der Waals surface area contributed by atoms with Crippen LogP contribution in [0.2, 0.25) is 5.15 Å². The molecule has 16 heavy (non-hydrogen) atoms. The van der Waals surface area contributed by atoms with E-state index in [0.717, 1.165) is 16.6 Å². The second kappa shape index (κ2) is 5.94. The van der Waals surface area contributed by atoms with Crippen molar-refractivity contribution < 1.29 is 4.74 Å². The van der Waals surface area contributed by atoms with Crippen molar-refractivity contribution in [2.45, 2.75) is 39.2 Å². The van der Waals surface area contributed by atoms with Gasteiger partial charge in [0.15, 0.2) is 5.82 Å². The van der Waals surface area contributed by atoms with Gasteiger partial charge in [-0.3, -0.25) is 0 Å². The highest BCUT2D eigenvalue weighted by Crippen LogP contribution is 2.30. The molecule has 1 atom stereocenters. The minimum Gasteiger partial charge on any atom is -0.373 e. The Kier molecular flexibility index (Phi) is 5.15. The summed E-state index contributed by atoms with van der Waals surface area (Å²) in [5, 5.41) is 0.448. The van der Waals surface area contributed by atoms with E-state index in [1.807, 2.05) is 6.92 Å². The Bertz CT molecular complexity index is 367. The fourth-order valence-electron chi connectivity index (χ4n) is 1.43. The van der Waals surface area contributed by atoms with Crippen molar-refractivity contribution in [1.29, 1.82) is 0 Å². The average molecular weight is 308 g/mol. The molecule has 3 nitrogen and oxygen atoms in total. The molecule has 0 aliphatic heterocycles. The molecule has 0 bridgehead atoms.